The van der Waals surface area contributed by atoms with Crippen LogP contribution >= 0.6 is 0 Å². The molecule has 4 rings (SSSR count). The molecule has 1 aromatic carbocycles. The molecule has 0 atom stereocenters. The van der Waals surface area contributed by atoms with E-state index in [-0.39, 0.29) is 5.82 Å². The highest BCUT2D eigenvalue weighted by molar-refractivity contribution is 5.72. The Labute approximate surface area is 158 Å². The number of halogens is 1. The Kier molecular flexibility index (Phi) is 4.85. The van der Waals surface area contributed by atoms with Gasteiger partial charge in [-0.2, -0.15) is 5.10 Å². The van der Waals surface area contributed by atoms with Gasteiger partial charge in [0.2, 0.25) is 0 Å². The molecule has 0 spiro atoms. The summed E-state index contributed by atoms with van der Waals surface area (Å²) in [4.78, 5) is 13.5. The lowest BCUT2D eigenvalue weighted by Gasteiger charge is -2.35. The number of anilines is 1. The van der Waals surface area contributed by atoms with Crippen LogP contribution in [0.1, 0.15) is 11.3 Å². The van der Waals surface area contributed by atoms with Gasteiger partial charge in [-0.05, 0) is 19.1 Å². The van der Waals surface area contributed by atoms with Crippen LogP contribution in [0.4, 0.5) is 10.2 Å². The first-order valence-electron chi connectivity index (χ1n) is 9.14. The summed E-state index contributed by atoms with van der Waals surface area (Å²) in [6.07, 6.45) is 5.23. The summed E-state index contributed by atoms with van der Waals surface area (Å²) in [5.41, 5.74) is 3.56. The molecule has 7 heteroatoms. The third-order valence-electron chi connectivity index (χ3n) is 5.21. The summed E-state index contributed by atoms with van der Waals surface area (Å²) >= 11 is 0. The Balaban J connectivity index is 1.49. The molecule has 6 nitrogen and oxygen atoms in total. The largest absolute Gasteiger partial charge is 0.352 e. The summed E-state index contributed by atoms with van der Waals surface area (Å²) in [5.74, 6) is 0.477. The maximum Gasteiger partial charge on any atom is 0.155 e. The molecule has 3 heterocycles. The minimum Gasteiger partial charge on any atom is -0.352 e. The molecule has 1 fully saturated rings. The highest BCUT2D eigenvalue weighted by atomic mass is 19.1. The molecule has 2 aromatic heterocycles. The second kappa shape index (κ2) is 7.44. The summed E-state index contributed by atoms with van der Waals surface area (Å²) in [7, 11) is 1.97. The van der Waals surface area contributed by atoms with Crippen molar-refractivity contribution in [3.63, 3.8) is 0 Å². The third kappa shape index (κ3) is 3.55. The van der Waals surface area contributed by atoms with Gasteiger partial charge >= 0.3 is 0 Å². The monoisotopic (exact) mass is 366 g/mol. The fourth-order valence-electron chi connectivity index (χ4n) is 3.46. The number of hydrogen-bond donors (Lipinski definition) is 0. The van der Waals surface area contributed by atoms with Crippen molar-refractivity contribution in [2.45, 2.75) is 13.5 Å². The van der Waals surface area contributed by atoms with Gasteiger partial charge in [0, 0.05) is 69.0 Å². The van der Waals surface area contributed by atoms with E-state index in [0.29, 0.717) is 11.3 Å². The zero-order valence-corrected chi connectivity index (χ0v) is 15.6. The number of aryl methyl sites for hydroxylation is 1. The third-order valence-corrected chi connectivity index (χ3v) is 5.21. The van der Waals surface area contributed by atoms with Crippen LogP contribution in [0.2, 0.25) is 0 Å². The quantitative estimate of drug-likeness (QED) is 0.711. The van der Waals surface area contributed by atoms with E-state index >= 15 is 0 Å². The number of nitrogens with zero attached hydrogens (tertiary/aromatic N) is 6. The van der Waals surface area contributed by atoms with Crippen molar-refractivity contribution >= 4 is 5.82 Å². The van der Waals surface area contributed by atoms with Crippen molar-refractivity contribution in [1.82, 2.24) is 24.6 Å². The lowest BCUT2D eigenvalue weighted by molar-refractivity contribution is 0.249. The van der Waals surface area contributed by atoms with Crippen molar-refractivity contribution < 1.29 is 4.39 Å². The molecule has 0 aliphatic carbocycles. The summed E-state index contributed by atoms with van der Waals surface area (Å²) in [6, 6.07) is 6.73. The molecular formula is C20H23FN6. The highest BCUT2D eigenvalue weighted by Crippen LogP contribution is 2.29. The van der Waals surface area contributed by atoms with E-state index in [4.69, 9.17) is 0 Å². The second-order valence-electron chi connectivity index (χ2n) is 6.85. The summed E-state index contributed by atoms with van der Waals surface area (Å²) in [5, 5.41) is 4.32. The van der Waals surface area contributed by atoms with E-state index in [1.54, 1.807) is 24.5 Å². The minimum absolute atomic E-state index is 0.273. The first-order valence-corrected chi connectivity index (χ1v) is 9.14. The lowest BCUT2D eigenvalue weighted by atomic mass is 10.1. The molecule has 3 aromatic rings. The van der Waals surface area contributed by atoms with Gasteiger partial charge in [0.05, 0.1) is 6.20 Å². The van der Waals surface area contributed by atoms with Crippen LogP contribution in [0, 0.1) is 12.7 Å². The van der Waals surface area contributed by atoms with E-state index in [9.17, 15) is 4.39 Å². The van der Waals surface area contributed by atoms with E-state index in [0.717, 1.165) is 38.5 Å². The fraction of sp³-hybridized carbons (Fsp3) is 0.350. The normalized spacial score (nSPS) is 15.3. The van der Waals surface area contributed by atoms with Crippen LogP contribution in [-0.2, 0) is 13.6 Å². The first kappa shape index (κ1) is 17.6. The fourth-order valence-corrected chi connectivity index (χ4v) is 3.46. The van der Waals surface area contributed by atoms with Crippen LogP contribution in [0.25, 0.3) is 11.3 Å². The average Bonchev–Trinajstić information content (AvgIpc) is 3.01. The predicted molar refractivity (Wildman–Crippen MR) is 103 cm³/mol. The second-order valence-corrected chi connectivity index (χ2v) is 6.85. The Hall–Kier alpha value is -2.80. The maximum atomic E-state index is 14.3. The first-order chi connectivity index (χ1) is 13.1. The number of hydrogen-bond acceptors (Lipinski definition) is 5. The van der Waals surface area contributed by atoms with E-state index in [1.165, 1.54) is 17.3 Å². The van der Waals surface area contributed by atoms with Gasteiger partial charge in [0.25, 0.3) is 0 Å². The van der Waals surface area contributed by atoms with Crippen molar-refractivity contribution in [3.05, 3.63) is 59.9 Å². The van der Waals surface area contributed by atoms with Gasteiger partial charge in [-0.25, -0.2) is 9.37 Å². The molecule has 27 heavy (non-hydrogen) atoms. The van der Waals surface area contributed by atoms with Crippen molar-refractivity contribution in [3.8, 4) is 11.3 Å². The van der Waals surface area contributed by atoms with Gasteiger partial charge < -0.3 is 4.90 Å². The maximum absolute atomic E-state index is 14.3. The van der Waals surface area contributed by atoms with Crippen LogP contribution in [0.15, 0.2) is 42.9 Å². The molecule has 140 valence electrons. The smallest absolute Gasteiger partial charge is 0.155 e. The molecule has 1 aliphatic heterocycles. The number of benzene rings is 1. The standard InChI is InChI=1S/C20H23FN6/c1-15-16(13-24-25(15)2)14-26-9-11-27(12-10-26)20-19(22-7-8-23-20)17-5-3-4-6-18(17)21/h3-8,13H,9-12,14H2,1-2H3. The van der Waals surface area contributed by atoms with Gasteiger partial charge in [0.1, 0.15) is 11.5 Å². The van der Waals surface area contributed by atoms with Gasteiger partial charge in [-0.3, -0.25) is 14.6 Å². The lowest BCUT2D eigenvalue weighted by Crippen LogP contribution is -2.46. The van der Waals surface area contributed by atoms with E-state index in [2.05, 4.69) is 31.8 Å². The summed E-state index contributed by atoms with van der Waals surface area (Å²) < 4.78 is 16.2. The van der Waals surface area contributed by atoms with E-state index < -0.39 is 0 Å². The van der Waals surface area contributed by atoms with Gasteiger partial charge in [-0.1, -0.05) is 12.1 Å². The Bertz CT molecular complexity index is 930. The SMILES string of the molecule is Cc1c(CN2CCN(c3nccnc3-c3ccccc3F)CC2)cnn1C. The van der Waals surface area contributed by atoms with Gasteiger partial charge in [-0.15, -0.1) is 0 Å². The minimum atomic E-state index is -0.273. The van der Waals surface area contributed by atoms with E-state index in [1.807, 2.05) is 24.0 Å². The highest BCUT2D eigenvalue weighted by Gasteiger charge is 2.23. The number of rotatable bonds is 4. The molecule has 0 saturated carbocycles. The van der Waals surface area contributed by atoms with Crippen molar-refractivity contribution in [2.24, 2.45) is 7.05 Å². The zero-order valence-electron chi connectivity index (χ0n) is 15.6. The molecule has 0 N–H and O–H groups in total. The van der Waals surface area contributed by atoms with Crippen molar-refractivity contribution in [2.75, 3.05) is 31.1 Å². The Morgan fingerprint density at radius 1 is 1.04 bits per heavy atom. The molecule has 0 bridgehead atoms. The predicted octanol–water partition coefficient (Wildman–Crippen LogP) is 2.65. The van der Waals surface area contributed by atoms with Crippen molar-refractivity contribution in [1.29, 1.82) is 0 Å². The molecule has 1 aliphatic rings. The average molecular weight is 366 g/mol. The van der Waals surface area contributed by atoms with Gasteiger partial charge in [0.15, 0.2) is 5.82 Å². The van der Waals surface area contributed by atoms with Crippen LogP contribution in [0.3, 0.4) is 0 Å². The molecule has 0 unspecified atom stereocenters. The molecular weight excluding hydrogens is 343 g/mol. The summed E-state index contributed by atoms with van der Waals surface area (Å²) in [6.45, 7) is 6.50. The molecule has 0 amide bonds. The topological polar surface area (TPSA) is 50.1 Å². The number of aromatic nitrogens is 4. The number of piperazine rings is 1. The van der Waals surface area contributed by atoms with Crippen LogP contribution in [-0.4, -0.2) is 50.8 Å². The Morgan fingerprint density at radius 3 is 2.48 bits per heavy atom. The van der Waals surface area contributed by atoms with Crippen LogP contribution in [0.5, 0.6) is 0 Å². The van der Waals surface area contributed by atoms with Crippen LogP contribution < -0.4 is 4.90 Å². The molecule has 1 saturated heterocycles. The zero-order chi connectivity index (χ0) is 18.8. The Morgan fingerprint density at radius 2 is 1.78 bits per heavy atom. The molecule has 0 radical (unpaired) electrons.